The Morgan fingerprint density at radius 3 is 2.82 bits per heavy atom. The zero-order chi connectivity index (χ0) is 12.8. The van der Waals surface area contributed by atoms with E-state index in [9.17, 15) is 4.79 Å². The highest BCUT2D eigenvalue weighted by atomic mass is 32.1. The standard InChI is InChI=1S/C11H17N3O2S/c1-3-5-14(7-9(12)13-16)11(15)10-8(2)4-6-17-10/h4,6,16H,3,5,7H2,1-2H3,(H2,12,13). The molecule has 5 nitrogen and oxygen atoms in total. The second kappa shape index (κ2) is 6.24. The van der Waals surface area contributed by atoms with Gasteiger partial charge < -0.3 is 15.8 Å². The Hall–Kier alpha value is -1.56. The molecule has 1 rings (SSSR count). The van der Waals surface area contributed by atoms with Crippen LogP contribution in [0.5, 0.6) is 0 Å². The topological polar surface area (TPSA) is 78.9 Å². The Labute approximate surface area is 105 Å². The zero-order valence-electron chi connectivity index (χ0n) is 10.0. The number of hydrogen-bond acceptors (Lipinski definition) is 4. The van der Waals surface area contributed by atoms with Gasteiger partial charge in [0.1, 0.15) is 0 Å². The van der Waals surface area contributed by atoms with Crippen molar-refractivity contribution in [1.82, 2.24) is 4.90 Å². The first kappa shape index (κ1) is 13.5. The van der Waals surface area contributed by atoms with Crippen molar-refractivity contribution in [3.05, 3.63) is 21.9 Å². The minimum atomic E-state index is -0.0639. The molecule has 0 spiro atoms. The average Bonchev–Trinajstić information content (AvgIpc) is 2.73. The summed E-state index contributed by atoms with van der Waals surface area (Å²) in [6.45, 7) is 4.62. The van der Waals surface area contributed by atoms with E-state index < -0.39 is 0 Å². The SMILES string of the molecule is CCCN(CC(N)=NO)C(=O)c1sccc1C. The van der Waals surface area contributed by atoms with Crippen LogP contribution in [-0.4, -0.2) is 34.9 Å². The molecule has 3 N–H and O–H groups in total. The Morgan fingerprint density at radius 2 is 2.35 bits per heavy atom. The number of amides is 1. The molecule has 1 amide bonds. The summed E-state index contributed by atoms with van der Waals surface area (Å²) in [5.41, 5.74) is 6.40. The van der Waals surface area contributed by atoms with Gasteiger partial charge in [-0.25, -0.2) is 0 Å². The summed E-state index contributed by atoms with van der Waals surface area (Å²) in [5, 5.41) is 13.3. The zero-order valence-corrected chi connectivity index (χ0v) is 10.8. The minimum Gasteiger partial charge on any atom is -0.409 e. The van der Waals surface area contributed by atoms with Crippen LogP contribution in [0.1, 0.15) is 28.6 Å². The molecule has 6 heteroatoms. The lowest BCUT2D eigenvalue weighted by atomic mass is 10.2. The second-order valence-corrected chi connectivity index (χ2v) is 4.67. The van der Waals surface area contributed by atoms with E-state index in [-0.39, 0.29) is 18.3 Å². The Kier molecular flexibility index (Phi) is 4.96. The first-order valence-electron chi connectivity index (χ1n) is 5.39. The first-order valence-corrected chi connectivity index (χ1v) is 6.27. The number of nitrogens with zero attached hydrogens (tertiary/aromatic N) is 2. The third-order valence-corrected chi connectivity index (χ3v) is 3.32. The summed E-state index contributed by atoms with van der Waals surface area (Å²) >= 11 is 1.41. The molecule has 0 radical (unpaired) electrons. The number of rotatable bonds is 5. The molecule has 0 unspecified atom stereocenters. The van der Waals surface area contributed by atoms with Gasteiger partial charge in [0.15, 0.2) is 5.84 Å². The molecule has 0 aliphatic rings. The van der Waals surface area contributed by atoms with Gasteiger partial charge in [-0.1, -0.05) is 12.1 Å². The van der Waals surface area contributed by atoms with Crippen LogP contribution >= 0.6 is 11.3 Å². The molecule has 0 atom stereocenters. The molecule has 1 heterocycles. The lowest BCUT2D eigenvalue weighted by Gasteiger charge is -2.20. The van der Waals surface area contributed by atoms with Crippen molar-refractivity contribution < 1.29 is 10.0 Å². The summed E-state index contributed by atoms with van der Waals surface area (Å²) < 4.78 is 0. The fraction of sp³-hybridized carbons (Fsp3) is 0.455. The molecule has 0 bridgehead atoms. The summed E-state index contributed by atoms with van der Waals surface area (Å²) in [6, 6.07) is 1.91. The molecular formula is C11H17N3O2S. The highest BCUT2D eigenvalue weighted by molar-refractivity contribution is 7.12. The lowest BCUT2D eigenvalue weighted by Crippen LogP contribution is -2.39. The number of carbonyl (C=O) groups excluding carboxylic acids is 1. The van der Waals surface area contributed by atoms with E-state index in [0.717, 1.165) is 12.0 Å². The van der Waals surface area contributed by atoms with Crippen molar-refractivity contribution in [3.8, 4) is 0 Å². The van der Waals surface area contributed by atoms with Crippen molar-refractivity contribution in [3.63, 3.8) is 0 Å². The Bertz CT molecular complexity index is 415. The molecule has 0 fully saturated rings. The molecular weight excluding hydrogens is 238 g/mol. The van der Waals surface area contributed by atoms with E-state index in [0.29, 0.717) is 11.4 Å². The van der Waals surface area contributed by atoms with Gasteiger partial charge in [0.25, 0.3) is 5.91 Å². The van der Waals surface area contributed by atoms with Gasteiger partial charge in [-0.2, -0.15) is 0 Å². The van der Waals surface area contributed by atoms with E-state index in [1.807, 2.05) is 25.3 Å². The van der Waals surface area contributed by atoms with Gasteiger partial charge in [-0.3, -0.25) is 4.79 Å². The fourth-order valence-corrected chi connectivity index (χ4v) is 2.38. The van der Waals surface area contributed by atoms with Crippen LogP contribution in [0.25, 0.3) is 0 Å². The van der Waals surface area contributed by atoms with Crippen molar-refractivity contribution in [2.24, 2.45) is 10.9 Å². The van der Waals surface area contributed by atoms with E-state index in [4.69, 9.17) is 10.9 Å². The molecule has 0 saturated carbocycles. The lowest BCUT2D eigenvalue weighted by molar-refractivity contribution is 0.0782. The van der Waals surface area contributed by atoms with E-state index in [1.54, 1.807) is 4.90 Å². The van der Waals surface area contributed by atoms with Gasteiger partial charge in [0.05, 0.1) is 11.4 Å². The number of oxime groups is 1. The van der Waals surface area contributed by atoms with Crippen LogP contribution < -0.4 is 5.73 Å². The van der Waals surface area contributed by atoms with E-state index in [2.05, 4.69) is 5.16 Å². The maximum atomic E-state index is 12.2. The maximum Gasteiger partial charge on any atom is 0.264 e. The quantitative estimate of drug-likeness (QED) is 0.363. The smallest absolute Gasteiger partial charge is 0.264 e. The molecule has 0 aliphatic heterocycles. The summed E-state index contributed by atoms with van der Waals surface area (Å²) in [4.78, 5) is 14.5. The summed E-state index contributed by atoms with van der Waals surface area (Å²) in [5.74, 6) is -0.0213. The number of nitrogens with two attached hydrogens (primary N) is 1. The van der Waals surface area contributed by atoms with Crippen LogP contribution in [0.2, 0.25) is 0 Å². The van der Waals surface area contributed by atoms with Crippen LogP contribution in [0.3, 0.4) is 0 Å². The van der Waals surface area contributed by atoms with Crippen LogP contribution in [-0.2, 0) is 0 Å². The molecule has 0 aromatic carbocycles. The average molecular weight is 255 g/mol. The molecule has 1 aromatic heterocycles. The number of amidine groups is 1. The number of thiophene rings is 1. The number of carbonyl (C=O) groups is 1. The third-order valence-electron chi connectivity index (χ3n) is 2.32. The van der Waals surface area contributed by atoms with Gasteiger partial charge in [-0.05, 0) is 30.4 Å². The maximum absolute atomic E-state index is 12.2. The number of hydrogen-bond donors (Lipinski definition) is 2. The largest absolute Gasteiger partial charge is 0.409 e. The van der Waals surface area contributed by atoms with Gasteiger partial charge in [0.2, 0.25) is 0 Å². The van der Waals surface area contributed by atoms with Crippen LogP contribution in [0.4, 0.5) is 0 Å². The highest BCUT2D eigenvalue weighted by Gasteiger charge is 2.19. The van der Waals surface area contributed by atoms with Crippen molar-refractivity contribution in [1.29, 1.82) is 0 Å². The van der Waals surface area contributed by atoms with Crippen molar-refractivity contribution in [2.75, 3.05) is 13.1 Å². The molecule has 17 heavy (non-hydrogen) atoms. The molecule has 0 aliphatic carbocycles. The van der Waals surface area contributed by atoms with Crippen molar-refractivity contribution >= 4 is 23.1 Å². The first-order chi connectivity index (χ1) is 8.10. The number of aryl methyl sites for hydroxylation is 1. The summed E-state index contributed by atoms with van der Waals surface area (Å²) in [6.07, 6.45) is 0.828. The Morgan fingerprint density at radius 1 is 1.65 bits per heavy atom. The highest BCUT2D eigenvalue weighted by Crippen LogP contribution is 2.18. The van der Waals surface area contributed by atoms with E-state index in [1.165, 1.54) is 11.3 Å². The van der Waals surface area contributed by atoms with E-state index >= 15 is 0 Å². The van der Waals surface area contributed by atoms with Crippen molar-refractivity contribution in [2.45, 2.75) is 20.3 Å². The van der Waals surface area contributed by atoms with Gasteiger partial charge in [-0.15, -0.1) is 11.3 Å². The normalized spacial score (nSPS) is 11.5. The monoisotopic (exact) mass is 255 g/mol. The predicted octanol–water partition coefficient (Wildman–Crippen LogP) is 1.66. The fourth-order valence-electron chi connectivity index (χ4n) is 1.48. The molecule has 1 aromatic rings. The molecule has 0 saturated heterocycles. The summed E-state index contributed by atoms with van der Waals surface area (Å²) in [7, 11) is 0. The van der Waals surface area contributed by atoms with Crippen LogP contribution in [0, 0.1) is 6.92 Å². The minimum absolute atomic E-state index is 0.0426. The van der Waals surface area contributed by atoms with Gasteiger partial charge in [0, 0.05) is 6.54 Å². The molecule has 94 valence electrons. The predicted molar refractivity (Wildman–Crippen MR) is 68.7 cm³/mol. The van der Waals surface area contributed by atoms with Crippen LogP contribution in [0.15, 0.2) is 16.6 Å². The van der Waals surface area contributed by atoms with Gasteiger partial charge >= 0.3 is 0 Å². The third kappa shape index (κ3) is 3.45. The Balaban J connectivity index is 2.84. The second-order valence-electron chi connectivity index (χ2n) is 3.75.